The fraction of sp³-hybridized carbons (Fsp3) is 0.652. The van der Waals surface area contributed by atoms with Gasteiger partial charge < -0.3 is 10.2 Å². The van der Waals surface area contributed by atoms with Gasteiger partial charge in [-0.2, -0.15) is 0 Å². The maximum absolute atomic E-state index is 11.8. The summed E-state index contributed by atoms with van der Waals surface area (Å²) in [4.78, 5) is 25.1. The summed E-state index contributed by atoms with van der Waals surface area (Å²) < 4.78 is 0. The monoisotopic (exact) mass is 389 g/mol. The Morgan fingerprint density at radius 3 is 2.18 bits per heavy atom. The van der Waals surface area contributed by atoms with Crippen LogP contribution in [0.2, 0.25) is 0 Å². The quantitative estimate of drug-likeness (QED) is 0.439. The second-order valence-corrected chi connectivity index (χ2v) is 8.08. The highest BCUT2D eigenvalue weighted by atomic mass is 16.4. The highest BCUT2D eigenvalue weighted by Gasteiger charge is 2.58. The zero-order valence-corrected chi connectivity index (χ0v) is 17.2. The molecule has 0 heterocycles. The van der Waals surface area contributed by atoms with Crippen molar-refractivity contribution >= 4 is 11.9 Å². The number of carboxylic acids is 2. The van der Waals surface area contributed by atoms with Crippen molar-refractivity contribution in [2.24, 2.45) is 11.8 Å². The van der Waals surface area contributed by atoms with E-state index in [0.717, 1.165) is 24.8 Å². The van der Waals surface area contributed by atoms with Gasteiger partial charge in [0.1, 0.15) is 0 Å². The Morgan fingerprint density at radius 1 is 1.00 bits per heavy atom. The molecule has 0 radical (unpaired) electrons. The summed E-state index contributed by atoms with van der Waals surface area (Å²) in [5, 5.41) is 19.1. The van der Waals surface area contributed by atoms with Gasteiger partial charge in [0, 0.05) is 12.1 Å². The van der Waals surface area contributed by atoms with Crippen LogP contribution in [0.4, 0.5) is 0 Å². The largest absolute Gasteiger partial charge is 0.481 e. The van der Waals surface area contributed by atoms with Crippen molar-refractivity contribution in [3.63, 3.8) is 0 Å². The van der Waals surface area contributed by atoms with Crippen LogP contribution in [0.3, 0.4) is 0 Å². The van der Waals surface area contributed by atoms with Gasteiger partial charge in [-0.15, -0.1) is 0 Å². The molecule has 4 atom stereocenters. The summed E-state index contributed by atoms with van der Waals surface area (Å²) in [6, 6.07) is 9.43. The third-order valence-corrected chi connectivity index (χ3v) is 6.03. The summed E-state index contributed by atoms with van der Waals surface area (Å²) in [7, 11) is 0. The number of aliphatic carboxylic acids is 2. The number of carbonyl (C=O) groups is 2. The Kier molecular flexibility index (Phi) is 8.97. The van der Waals surface area contributed by atoms with Crippen LogP contribution in [0, 0.1) is 11.8 Å². The van der Waals surface area contributed by atoms with Gasteiger partial charge in [0.2, 0.25) is 0 Å². The van der Waals surface area contributed by atoms with Crippen LogP contribution in [-0.4, -0.2) is 39.6 Å². The lowest BCUT2D eigenvalue weighted by molar-refractivity contribution is -0.142. The molecule has 156 valence electrons. The van der Waals surface area contributed by atoms with Crippen molar-refractivity contribution in [3.8, 4) is 0 Å². The highest BCUT2D eigenvalue weighted by molar-refractivity contribution is 5.76. The van der Waals surface area contributed by atoms with Gasteiger partial charge in [-0.25, -0.2) is 0 Å². The second-order valence-electron chi connectivity index (χ2n) is 8.08. The van der Waals surface area contributed by atoms with E-state index in [1.165, 1.54) is 32.1 Å². The van der Waals surface area contributed by atoms with Gasteiger partial charge in [0.25, 0.3) is 0 Å². The molecule has 0 aliphatic heterocycles. The number of benzene rings is 1. The lowest BCUT2D eigenvalue weighted by Crippen LogP contribution is -2.36. The van der Waals surface area contributed by atoms with E-state index in [9.17, 15) is 19.8 Å². The second kappa shape index (κ2) is 11.2. The molecule has 4 unspecified atom stereocenters. The van der Waals surface area contributed by atoms with Crippen LogP contribution in [0.15, 0.2) is 30.3 Å². The third kappa shape index (κ3) is 6.33. The number of carboxylic acid groups (broad SMARTS) is 2. The molecule has 0 amide bonds. The summed E-state index contributed by atoms with van der Waals surface area (Å²) >= 11 is 0. The number of hydrogen-bond donors (Lipinski definition) is 2. The van der Waals surface area contributed by atoms with E-state index in [0.29, 0.717) is 0 Å². The van der Waals surface area contributed by atoms with Gasteiger partial charge in [-0.05, 0) is 24.8 Å². The molecule has 0 saturated heterocycles. The Balaban J connectivity index is 1.96. The van der Waals surface area contributed by atoms with Crippen molar-refractivity contribution in [3.05, 3.63) is 35.9 Å². The Labute approximate surface area is 168 Å². The molecule has 2 rings (SSSR count). The van der Waals surface area contributed by atoms with E-state index in [-0.39, 0.29) is 24.5 Å². The minimum Gasteiger partial charge on any atom is -0.481 e. The van der Waals surface area contributed by atoms with Crippen LogP contribution in [0.25, 0.3) is 0 Å². The SMILES string of the molecule is CCCCCCCCCC1C(C(=O)O)C1N(CC(=O)O)C(C)c1ccccc1. The number of nitrogens with zero attached hydrogens (tertiary/aromatic N) is 1. The molecule has 1 saturated carbocycles. The average Bonchev–Trinajstić information content (AvgIpc) is 3.39. The standard InChI is InChI=1S/C23H35NO4/c1-3-4-5-6-7-8-12-15-19-21(23(27)28)22(19)24(16-20(25)26)17(2)18-13-10-9-11-14-18/h9-11,13-14,17,19,21-22H,3-8,12,15-16H2,1-2H3,(H,25,26)(H,27,28). The van der Waals surface area contributed by atoms with E-state index >= 15 is 0 Å². The minimum atomic E-state index is -0.909. The van der Waals surface area contributed by atoms with Crippen LogP contribution in [0.1, 0.15) is 76.8 Å². The Hall–Kier alpha value is -1.88. The molecule has 0 spiro atoms. The first kappa shape index (κ1) is 22.4. The first-order chi connectivity index (χ1) is 13.5. The normalized spacial score (nSPS) is 22.2. The molecule has 1 aromatic carbocycles. The third-order valence-electron chi connectivity index (χ3n) is 6.03. The summed E-state index contributed by atoms with van der Waals surface area (Å²) in [5.41, 5.74) is 1.02. The van der Waals surface area contributed by atoms with E-state index in [1.807, 2.05) is 42.2 Å². The van der Waals surface area contributed by atoms with Crippen molar-refractivity contribution in [2.75, 3.05) is 6.54 Å². The molecule has 5 heteroatoms. The van der Waals surface area contributed by atoms with E-state index in [4.69, 9.17) is 0 Å². The van der Waals surface area contributed by atoms with Gasteiger partial charge in [-0.1, -0.05) is 82.2 Å². The Bertz CT molecular complexity index is 618. The molecule has 1 fully saturated rings. The molecule has 28 heavy (non-hydrogen) atoms. The molecular weight excluding hydrogens is 354 g/mol. The number of unbranched alkanes of at least 4 members (excludes halogenated alkanes) is 6. The van der Waals surface area contributed by atoms with Crippen molar-refractivity contribution in [1.29, 1.82) is 0 Å². The average molecular weight is 390 g/mol. The molecular formula is C23H35NO4. The molecule has 2 N–H and O–H groups in total. The lowest BCUT2D eigenvalue weighted by Gasteiger charge is -2.28. The zero-order valence-electron chi connectivity index (χ0n) is 17.2. The van der Waals surface area contributed by atoms with Gasteiger partial charge in [0.05, 0.1) is 12.5 Å². The van der Waals surface area contributed by atoms with E-state index < -0.39 is 17.9 Å². The van der Waals surface area contributed by atoms with Gasteiger partial charge >= 0.3 is 11.9 Å². The predicted molar refractivity (Wildman–Crippen MR) is 110 cm³/mol. The summed E-state index contributed by atoms with van der Waals surface area (Å²) in [5.74, 6) is -2.11. The topological polar surface area (TPSA) is 77.8 Å². The maximum atomic E-state index is 11.8. The van der Waals surface area contributed by atoms with Crippen LogP contribution in [0.5, 0.6) is 0 Å². The van der Waals surface area contributed by atoms with Gasteiger partial charge in [-0.3, -0.25) is 14.5 Å². The van der Waals surface area contributed by atoms with Gasteiger partial charge in [0.15, 0.2) is 0 Å². The Morgan fingerprint density at radius 2 is 1.61 bits per heavy atom. The zero-order chi connectivity index (χ0) is 20.5. The fourth-order valence-electron chi connectivity index (χ4n) is 4.40. The predicted octanol–water partition coefficient (Wildman–Crippen LogP) is 4.97. The molecule has 1 aliphatic carbocycles. The smallest absolute Gasteiger partial charge is 0.317 e. The first-order valence-electron chi connectivity index (χ1n) is 10.7. The number of rotatable bonds is 14. The number of hydrogen-bond acceptors (Lipinski definition) is 3. The lowest BCUT2D eigenvalue weighted by atomic mass is 10.0. The molecule has 0 aromatic heterocycles. The molecule has 1 aliphatic rings. The van der Waals surface area contributed by atoms with Crippen molar-refractivity contribution in [2.45, 2.75) is 77.3 Å². The summed E-state index contributed by atoms with van der Waals surface area (Å²) in [6.45, 7) is 4.05. The van der Waals surface area contributed by atoms with E-state index in [2.05, 4.69) is 6.92 Å². The maximum Gasteiger partial charge on any atom is 0.317 e. The van der Waals surface area contributed by atoms with Crippen molar-refractivity contribution in [1.82, 2.24) is 4.90 Å². The molecule has 5 nitrogen and oxygen atoms in total. The molecule has 1 aromatic rings. The first-order valence-corrected chi connectivity index (χ1v) is 10.7. The summed E-state index contributed by atoms with van der Waals surface area (Å²) in [6.07, 6.45) is 9.28. The fourth-order valence-corrected chi connectivity index (χ4v) is 4.40. The molecule has 0 bridgehead atoms. The van der Waals surface area contributed by atoms with Crippen LogP contribution in [-0.2, 0) is 9.59 Å². The van der Waals surface area contributed by atoms with Crippen molar-refractivity contribution < 1.29 is 19.8 Å². The van der Waals surface area contributed by atoms with Crippen LogP contribution >= 0.6 is 0 Å². The minimum absolute atomic E-state index is 0.0543. The highest BCUT2D eigenvalue weighted by Crippen LogP contribution is 2.49. The van der Waals surface area contributed by atoms with Crippen LogP contribution < -0.4 is 0 Å². The van der Waals surface area contributed by atoms with E-state index in [1.54, 1.807) is 0 Å².